The summed E-state index contributed by atoms with van der Waals surface area (Å²) in [4.78, 5) is 0. The van der Waals surface area contributed by atoms with Crippen molar-refractivity contribution in [2.75, 3.05) is 13.7 Å². The molecular weight excluding hydrogens is 392 g/mol. The van der Waals surface area contributed by atoms with Crippen LogP contribution in [0.4, 0.5) is 0 Å². The first-order chi connectivity index (χ1) is 15.8. The van der Waals surface area contributed by atoms with Crippen molar-refractivity contribution < 1.29 is 9.47 Å². The van der Waals surface area contributed by atoms with Crippen LogP contribution in [-0.4, -0.2) is 13.7 Å². The van der Waals surface area contributed by atoms with Crippen LogP contribution in [0, 0.1) is 0 Å². The molecule has 0 amide bonds. The zero-order chi connectivity index (χ0) is 22.1. The Morgan fingerprint density at radius 1 is 0.562 bits per heavy atom. The highest BCUT2D eigenvalue weighted by Gasteiger charge is 2.37. The second-order valence-corrected chi connectivity index (χ2v) is 7.93. The summed E-state index contributed by atoms with van der Waals surface area (Å²) in [5.41, 5.74) is 4.04. The van der Waals surface area contributed by atoms with E-state index in [-0.39, 0.29) is 0 Å². The number of ether oxygens (including phenoxy) is 2. The van der Waals surface area contributed by atoms with Crippen LogP contribution in [-0.2, 0) is 16.8 Å². The fraction of sp³-hybridized carbons (Fsp3) is 0.200. The molecule has 0 aliphatic carbocycles. The van der Waals surface area contributed by atoms with E-state index in [4.69, 9.17) is 9.47 Å². The number of methoxy groups -OCH3 is 1. The maximum atomic E-state index is 6.86. The van der Waals surface area contributed by atoms with E-state index in [1.807, 2.05) is 24.3 Å². The van der Waals surface area contributed by atoms with Gasteiger partial charge in [0.25, 0.3) is 0 Å². The van der Waals surface area contributed by atoms with Crippen LogP contribution in [0.25, 0.3) is 0 Å². The predicted molar refractivity (Wildman–Crippen MR) is 131 cm³/mol. The third-order valence-electron chi connectivity index (χ3n) is 5.88. The Kier molecular flexibility index (Phi) is 7.37. The van der Waals surface area contributed by atoms with Crippen molar-refractivity contribution in [1.29, 1.82) is 0 Å². The van der Waals surface area contributed by atoms with Crippen LogP contribution < -0.4 is 4.74 Å². The van der Waals surface area contributed by atoms with Crippen LogP contribution >= 0.6 is 0 Å². The van der Waals surface area contributed by atoms with E-state index in [0.29, 0.717) is 6.61 Å². The van der Waals surface area contributed by atoms with Crippen molar-refractivity contribution in [2.45, 2.75) is 24.9 Å². The molecule has 32 heavy (non-hydrogen) atoms. The van der Waals surface area contributed by atoms with Gasteiger partial charge in [-0.1, -0.05) is 103 Å². The molecule has 2 nitrogen and oxygen atoms in total. The van der Waals surface area contributed by atoms with Crippen molar-refractivity contribution in [3.05, 3.63) is 138 Å². The summed E-state index contributed by atoms with van der Waals surface area (Å²) in [6.07, 6.45) is 3.15. The second-order valence-electron chi connectivity index (χ2n) is 7.93. The molecular formula is C30H30O2. The average molecular weight is 423 g/mol. The van der Waals surface area contributed by atoms with Gasteiger partial charge < -0.3 is 9.47 Å². The van der Waals surface area contributed by atoms with Gasteiger partial charge in [-0.15, -0.1) is 0 Å². The lowest BCUT2D eigenvalue weighted by Crippen LogP contribution is -2.33. The minimum Gasteiger partial charge on any atom is -0.497 e. The molecule has 0 saturated heterocycles. The molecule has 0 atom stereocenters. The number of rotatable bonds is 10. The summed E-state index contributed by atoms with van der Waals surface area (Å²) < 4.78 is 12.3. The van der Waals surface area contributed by atoms with Crippen LogP contribution in [0.1, 0.15) is 35.1 Å². The molecule has 0 heterocycles. The monoisotopic (exact) mass is 422 g/mol. The number of aryl methyl sites for hydroxylation is 1. The molecule has 0 spiro atoms. The summed E-state index contributed by atoms with van der Waals surface area (Å²) in [5, 5.41) is 0. The zero-order valence-electron chi connectivity index (χ0n) is 18.6. The normalized spacial score (nSPS) is 11.3. The summed E-state index contributed by atoms with van der Waals surface area (Å²) >= 11 is 0. The number of hydrogen-bond acceptors (Lipinski definition) is 2. The van der Waals surface area contributed by atoms with Gasteiger partial charge in [0.2, 0.25) is 0 Å². The Bertz CT molecular complexity index is 1020. The number of hydrogen-bond donors (Lipinski definition) is 0. The van der Waals surface area contributed by atoms with Gasteiger partial charge in [-0.25, -0.2) is 0 Å². The summed E-state index contributed by atoms with van der Waals surface area (Å²) in [5.74, 6) is 0.839. The minimum atomic E-state index is -0.679. The molecule has 4 aromatic rings. The molecule has 4 rings (SSSR count). The van der Waals surface area contributed by atoms with Crippen LogP contribution in [0.15, 0.2) is 115 Å². The average Bonchev–Trinajstić information content (AvgIpc) is 2.88. The molecule has 162 valence electrons. The minimum absolute atomic E-state index is 0.669. The highest BCUT2D eigenvalue weighted by atomic mass is 16.5. The topological polar surface area (TPSA) is 18.5 Å². The zero-order valence-corrected chi connectivity index (χ0v) is 18.6. The van der Waals surface area contributed by atoms with Gasteiger partial charge in [-0.2, -0.15) is 0 Å². The SMILES string of the molecule is COc1ccc(C(OCCCCc2ccccc2)(c2ccccc2)c2ccccc2)cc1. The Labute approximate surface area is 191 Å². The molecule has 0 fully saturated rings. The van der Waals surface area contributed by atoms with Gasteiger partial charge in [-0.05, 0) is 53.6 Å². The fourth-order valence-corrected chi connectivity index (χ4v) is 4.22. The molecule has 0 saturated carbocycles. The quantitative estimate of drug-likeness (QED) is 0.202. The molecule has 0 N–H and O–H groups in total. The van der Waals surface area contributed by atoms with E-state index >= 15 is 0 Å². The third-order valence-corrected chi connectivity index (χ3v) is 5.88. The Morgan fingerprint density at radius 3 is 1.59 bits per heavy atom. The summed E-state index contributed by atoms with van der Waals surface area (Å²) in [6, 6.07) is 39.9. The number of unbranched alkanes of at least 4 members (excludes halogenated alkanes) is 1. The van der Waals surface area contributed by atoms with E-state index in [1.54, 1.807) is 7.11 Å². The molecule has 4 aromatic carbocycles. The van der Waals surface area contributed by atoms with Crippen LogP contribution in [0.3, 0.4) is 0 Å². The number of benzene rings is 4. The van der Waals surface area contributed by atoms with Gasteiger partial charge >= 0.3 is 0 Å². The smallest absolute Gasteiger partial charge is 0.143 e. The van der Waals surface area contributed by atoms with E-state index in [1.165, 1.54) is 5.56 Å². The van der Waals surface area contributed by atoms with Gasteiger partial charge in [0.1, 0.15) is 11.4 Å². The Morgan fingerprint density at radius 2 is 1.06 bits per heavy atom. The first-order valence-electron chi connectivity index (χ1n) is 11.3. The molecule has 0 aliphatic heterocycles. The molecule has 2 heteroatoms. The summed E-state index contributed by atoms with van der Waals surface area (Å²) in [6.45, 7) is 0.669. The van der Waals surface area contributed by atoms with E-state index < -0.39 is 5.60 Å². The maximum absolute atomic E-state index is 6.86. The highest BCUT2D eigenvalue weighted by Crippen LogP contribution is 2.41. The van der Waals surface area contributed by atoms with Crippen molar-refractivity contribution in [1.82, 2.24) is 0 Å². The van der Waals surface area contributed by atoms with Crippen molar-refractivity contribution in [3.8, 4) is 5.75 Å². The van der Waals surface area contributed by atoms with Crippen LogP contribution in [0.2, 0.25) is 0 Å². The van der Waals surface area contributed by atoms with Gasteiger partial charge in [0.15, 0.2) is 0 Å². The standard InChI is InChI=1S/C30H30O2/c1-31-29-22-20-28(21-23-29)30(26-16-7-3-8-17-26,27-18-9-4-10-19-27)32-24-12-11-15-25-13-5-2-6-14-25/h2-10,13-14,16-23H,11-12,15,24H2,1H3. The largest absolute Gasteiger partial charge is 0.497 e. The molecule has 0 aliphatic rings. The Hall–Kier alpha value is -3.36. The molecule has 0 bridgehead atoms. The lowest BCUT2D eigenvalue weighted by Gasteiger charge is -2.36. The first kappa shape index (κ1) is 21.9. The van der Waals surface area contributed by atoms with Crippen molar-refractivity contribution in [3.63, 3.8) is 0 Å². The van der Waals surface area contributed by atoms with Gasteiger partial charge in [0.05, 0.1) is 7.11 Å². The van der Waals surface area contributed by atoms with Crippen LogP contribution in [0.5, 0.6) is 5.75 Å². The Balaban J connectivity index is 1.64. The van der Waals surface area contributed by atoms with Crippen molar-refractivity contribution >= 4 is 0 Å². The van der Waals surface area contributed by atoms with E-state index in [9.17, 15) is 0 Å². The van der Waals surface area contributed by atoms with Gasteiger partial charge in [0, 0.05) is 6.61 Å². The molecule has 0 unspecified atom stereocenters. The lowest BCUT2D eigenvalue weighted by atomic mass is 9.80. The van der Waals surface area contributed by atoms with E-state index in [0.717, 1.165) is 41.7 Å². The highest BCUT2D eigenvalue weighted by molar-refractivity contribution is 5.48. The predicted octanol–water partition coefficient (Wildman–Crippen LogP) is 7.03. The first-order valence-corrected chi connectivity index (χ1v) is 11.3. The van der Waals surface area contributed by atoms with E-state index in [2.05, 4.69) is 91.0 Å². The molecule has 0 aromatic heterocycles. The second kappa shape index (κ2) is 10.8. The third kappa shape index (κ3) is 4.92. The maximum Gasteiger partial charge on any atom is 0.143 e. The lowest BCUT2D eigenvalue weighted by molar-refractivity contribution is 0.0108. The summed E-state index contributed by atoms with van der Waals surface area (Å²) in [7, 11) is 1.69. The fourth-order valence-electron chi connectivity index (χ4n) is 4.22. The molecule has 0 radical (unpaired) electrons. The van der Waals surface area contributed by atoms with Crippen molar-refractivity contribution in [2.24, 2.45) is 0 Å². The van der Waals surface area contributed by atoms with Gasteiger partial charge in [-0.3, -0.25) is 0 Å².